The molecule has 120 valence electrons. The summed E-state index contributed by atoms with van der Waals surface area (Å²) in [4.78, 5) is 4.31. The van der Waals surface area contributed by atoms with E-state index in [-0.39, 0.29) is 5.60 Å². The van der Waals surface area contributed by atoms with Crippen LogP contribution in [0, 0.1) is 0 Å². The second-order valence-electron chi connectivity index (χ2n) is 5.75. The average Bonchev–Trinajstić information content (AvgIpc) is 2.29. The highest BCUT2D eigenvalue weighted by Gasteiger charge is 2.15. The van der Waals surface area contributed by atoms with Crippen molar-refractivity contribution in [3.8, 4) is 5.88 Å². The zero-order valence-electron chi connectivity index (χ0n) is 12.9. The average molecular weight is 316 g/mol. The number of nitrogens with zero attached hydrogens (tertiary/aromatic N) is 1. The number of nitrogens with one attached hydrogen (secondary N) is 2. The molecule has 0 fully saturated rings. The Morgan fingerprint density at radius 3 is 2.52 bits per heavy atom. The predicted octanol–water partition coefficient (Wildman–Crippen LogP) is 1.19. The molecule has 21 heavy (non-hydrogen) atoms. The van der Waals surface area contributed by atoms with Crippen LogP contribution in [0.15, 0.2) is 12.1 Å². The Hall–Kier alpha value is -1.54. The zero-order chi connectivity index (χ0) is 16.1. The van der Waals surface area contributed by atoms with Gasteiger partial charge in [-0.25, -0.2) is 13.1 Å². The quantitative estimate of drug-likeness (QED) is 0.652. The number of aromatic nitrogens is 1. The Morgan fingerprint density at radius 1 is 1.29 bits per heavy atom. The Balaban J connectivity index is 2.51. The van der Waals surface area contributed by atoms with Crippen molar-refractivity contribution in [3.05, 3.63) is 12.1 Å². The molecule has 0 spiro atoms. The van der Waals surface area contributed by atoms with Crippen LogP contribution in [0.2, 0.25) is 0 Å². The van der Waals surface area contributed by atoms with E-state index < -0.39 is 10.0 Å². The van der Waals surface area contributed by atoms with Crippen molar-refractivity contribution >= 4 is 21.5 Å². The van der Waals surface area contributed by atoms with Gasteiger partial charge in [0.15, 0.2) is 0 Å². The highest BCUT2D eigenvalue weighted by molar-refractivity contribution is 7.88. The number of nitrogen functional groups attached to an aromatic ring is 1. The third-order valence-corrected chi connectivity index (χ3v) is 3.04. The lowest BCUT2D eigenvalue weighted by atomic mass is 10.2. The highest BCUT2D eigenvalue weighted by atomic mass is 32.2. The first-order valence-corrected chi connectivity index (χ1v) is 8.60. The Bertz CT molecular complexity index is 567. The van der Waals surface area contributed by atoms with Crippen LogP contribution >= 0.6 is 0 Å². The number of hydrogen-bond donors (Lipinski definition) is 3. The van der Waals surface area contributed by atoms with Crippen molar-refractivity contribution in [2.75, 3.05) is 30.4 Å². The number of hydrogen-bond acceptors (Lipinski definition) is 6. The SMILES string of the molecule is CC(C)(C)Oc1nc(NCCCNS(C)(=O)=O)ccc1N. The van der Waals surface area contributed by atoms with Crippen LogP contribution in [0.25, 0.3) is 0 Å². The molecule has 0 aliphatic heterocycles. The van der Waals surface area contributed by atoms with Gasteiger partial charge >= 0.3 is 0 Å². The van der Waals surface area contributed by atoms with Crippen LogP contribution in [0.1, 0.15) is 27.2 Å². The summed E-state index contributed by atoms with van der Waals surface area (Å²) in [6.45, 7) is 6.74. The van der Waals surface area contributed by atoms with Crippen LogP contribution in [-0.2, 0) is 10.0 Å². The van der Waals surface area contributed by atoms with E-state index in [2.05, 4.69) is 15.0 Å². The van der Waals surface area contributed by atoms with E-state index in [4.69, 9.17) is 10.5 Å². The van der Waals surface area contributed by atoms with Crippen molar-refractivity contribution in [2.45, 2.75) is 32.8 Å². The monoisotopic (exact) mass is 316 g/mol. The molecule has 0 atom stereocenters. The van der Waals surface area contributed by atoms with Crippen molar-refractivity contribution < 1.29 is 13.2 Å². The molecule has 0 aliphatic carbocycles. The minimum absolute atomic E-state index is 0.376. The minimum atomic E-state index is -3.13. The van der Waals surface area contributed by atoms with Gasteiger partial charge < -0.3 is 15.8 Å². The fraction of sp³-hybridized carbons (Fsp3) is 0.615. The van der Waals surface area contributed by atoms with Gasteiger partial charge in [-0.2, -0.15) is 4.98 Å². The number of sulfonamides is 1. The molecule has 0 bridgehead atoms. The fourth-order valence-electron chi connectivity index (χ4n) is 1.48. The Kier molecular flexibility index (Phi) is 5.79. The number of nitrogens with two attached hydrogens (primary N) is 1. The first kappa shape index (κ1) is 17.5. The van der Waals surface area contributed by atoms with Crippen LogP contribution in [0.5, 0.6) is 5.88 Å². The maximum Gasteiger partial charge on any atom is 0.239 e. The zero-order valence-corrected chi connectivity index (χ0v) is 13.8. The molecule has 0 saturated carbocycles. The molecule has 0 saturated heterocycles. The van der Waals surface area contributed by atoms with Gasteiger partial charge in [0.2, 0.25) is 15.9 Å². The maximum atomic E-state index is 10.9. The van der Waals surface area contributed by atoms with Crippen molar-refractivity contribution in [2.24, 2.45) is 0 Å². The van der Waals surface area contributed by atoms with Gasteiger partial charge in [-0.1, -0.05) is 0 Å². The Labute approximate surface area is 126 Å². The largest absolute Gasteiger partial charge is 0.470 e. The second-order valence-corrected chi connectivity index (χ2v) is 7.59. The fourth-order valence-corrected chi connectivity index (χ4v) is 2.00. The summed E-state index contributed by atoms with van der Waals surface area (Å²) in [6, 6.07) is 3.49. The molecular weight excluding hydrogens is 292 g/mol. The molecule has 0 aromatic carbocycles. The first-order valence-electron chi connectivity index (χ1n) is 6.71. The molecule has 4 N–H and O–H groups in total. The first-order chi connectivity index (χ1) is 9.57. The van der Waals surface area contributed by atoms with Gasteiger partial charge in [0.25, 0.3) is 0 Å². The lowest BCUT2D eigenvalue weighted by Crippen LogP contribution is -2.25. The minimum Gasteiger partial charge on any atom is -0.470 e. The molecule has 0 amide bonds. The van der Waals surface area contributed by atoms with E-state index in [0.29, 0.717) is 36.9 Å². The third kappa shape index (κ3) is 7.72. The van der Waals surface area contributed by atoms with Gasteiger partial charge in [-0.15, -0.1) is 0 Å². The van der Waals surface area contributed by atoms with Crippen molar-refractivity contribution in [3.63, 3.8) is 0 Å². The molecule has 1 aromatic rings. The van der Waals surface area contributed by atoms with Gasteiger partial charge in [-0.3, -0.25) is 0 Å². The van der Waals surface area contributed by atoms with Gasteiger partial charge in [0, 0.05) is 13.1 Å². The topological polar surface area (TPSA) is 106 Å². The van der Waals surface area contributed by atoms with Crippen LogP contribution < -0.4 is 20.5 Å². The summed E-state index contributed by atoms with van der Waals surface area (Å²) < 4.78 is 29.9. The van der Waals surface area contributed by atoms with E-state index >= 15 is 0 Å². The molecule has 0 radical (unpaired) electrons. The third-order valence-electron chi connectivity index (χ3n) is 2.32. The van der Waals surface area contributed by atoms with Crippen molar-refractivity contribution in [1.29, 1.82) is 0 Å². The standard InChI is InChI=1S/C13H24N4O3S/c1-13(2,3)20-12-10(14)6-7-11(17-12)15-8-5-9-16-21(4,18)19/h6-7,16H,5,8-9,14H2,1-4H3,(H,15,17). The maximum absolute atomic E-state index is 10.9. The van der Waals surface area contributed by atoms with Crippen molar-refractivity contribution in [1.82, 2.24) is 9.71 Å². The highest BCUT2D eigenvalue weighted by Crippen LogP contribution is 2.24. The lowest BCUT2D eigenvalue weighted by Gasteiger charge is -2.21. The molecule has 1 heterocycles. The smallest absolute Gasteiger partial charge is 0.239 e. The number of pyridine rings is 1. The molecule has 0 aliphatic rings. The summed E-state index contributed by atoms with van der Waals surface area (Å²) in [6.07, 6.45) is 1.78. The lowest BCUT2D eigenvalue weighted by molar-refractivity contribution is 0.125. The summed E-state index contributed by atoms with van der Waals surface area (Å²) in [5.41, 5.74) is 5.93. The van der Waals surface area contributed by atoms with Gasteiger partial charge in [-0.05, 0) is 39.3 Å². The number of rotatable bonds is 7. The molecule has 8 heteroatoms. The summed E-state index contributed by atoms with van der Waals surface area (Å²) >= 11 is 0. The predicted molar refractivity (Wildman–Crippen MR) is 85.0 cm³/mol. The van der Waals surface area contributed by atoms with Gasteiger partial charge in [0.1, 0.15) is 11.4 Å². The number of anilines is 2. The van der Waals surface area contributed by atoms with Crippen LogP contribution in [-0.4, -0.2) is 38.3 Å². The van der Waals surface area contributed by atoms with E-state index in [1.807, 2.05) is 20.8 Å². The molecule has 1 aromatic heterocycles. The van der Waals surface area contributed by atoms with E-state index in [1.165, 1.54) is 0 Å². The molecule has 0 unspecified atom stereocenters. The van der Waals surface area contributed by atoms with Crippen LogP contribution in [0.4, 0.5) is 11.5 Å². The Morgan fingerprint density at radius 2 is 1.95 bits per heavy atom. The van der Waals surface area contributed by atoms with Gasteiger partial charge in [0.05, 0.1) is 11.9 Å². The van der Waals surface area contributed by atoms with E-state index in [1.54, 1.807) is 12.1 Å². The van der Waals surface area contributed by atoms with E-state index in [9.17, 15) is 8.42 Å². The summed E-state index contributed by atoms with van der Waals surface area (Å²) in [5, 5.41) is 3.10. The second kappa shape index (κ2) is 6.95. The van der Waals surface area contributed by atoms with E-state index in [0.717, 1.165) is 6.26 Å². The normalized spacial score (nSPS) is 12.2. The summed E-state index contributed by atoms with van der Waals surface area (Å²) in [5.74, 6) is 1.03. The molecule has 7 nitrogen and oxygen atoms in total. The molecular formula is C13H24N4O3S. The summed E-state index contributed by atoms with van der Waals surface area (Å²) in [7, 11) is -3.13. The molecule has 1 rings (SSSR count). The van der Waals surface area contributed by atoms with Crippen LogP contribution in [0.3, 0.4) is 0 Å². The number of ether oxygens (including phenoxy) is 1.